The molecular formula is C15H32N2O. The first-order valence-corrected chi connectivity index (χ1v) is 7.50. The normalized spacial score (nSPS) is 22.3. The van der Waals surface area contributed by atoms with Gasteiger partial charge in [-0.2, -0.15) is 0 Å². The summed E-state index contributed by atoms with van der Waals surface area (Å²) < 4.78 is 5.53. The van der Waals surface area contributed by atoms with E-state index >= 15 is 0 Å². The smallest absolute Gasteiger partial charge is 0.0510 e. The second-order valence-electron chi connectivity index (χ2n) is 6.53. The van der Waals surface area contributed by atoms with Gasteiger partial charge in [0.05, 0.1) is 6.61 Å². The topological polar surface area (TPSA) is 24.5 Å². The second kappa shape index (κ2) is 8.13. The average molecular weight is 256 g/mol. The highest BCUT2D eigenvalue weighted by molar-refractivity contribution is 4.82. The molecule has 0 aromatic heterocycles. The van der Waals surface area contributed by atoms with Crippen LogP contribution in [0.4, 0.5) is 0 Å². The standard InChI is InChI=1S/C15H32N2O/c1-12(2)8-17(9-13(3)4)10-15(16-5)14-6-7-18-11-14/h12-16H,6-11H2,1-5H3. The fraction of sp³-hybridized carbons (Fsp3) is 1.00. The van der Waals surface area contributed by atoms with Crippen molar-refractivity contribution in [1.82, 2.24) is 10.2 Å². The van der Waals surface area contributed by atoms with E-state index in [1.807, 2.05) is 0 Å². The van der Waals surface area contributed by atoms with Crippen LogP contribution in [0.5, 0.6) is 0 Å². The molecule has 0 aromatic carbocycles. The molecule has 0 bridgehead atoms. The molecule has 3 heteroatoms. The van der Waals surface area contributed by atoms with Crippen molar-refractivity contribution >= 4 is 0 Å². The van der Waals surface area contributed by atoms with Crippen LogP contribution in [0.2, 0.25) is 0 Å². The molecule has 2 unspecified atom stereocenters. The minimum absolute atomic E-state index is 0.574. The van der Waals surface area contributed by atoms with Crippen LogP contribution in [0.25, 0.3) is 0 Å². The first-order chi connectivity index (χ1) is 8.52. The Morgan fingerprint density at radius 1 is 1.11 bits per heavy atom. The first-order valence-electron chi connectivity index (χ1n) is 7.50. The summed E-state index contributed by atoms with van der Waals surface area (Å²) in [6, 6.07) is 0.574. The van der Waals surface area contributed by atoms with Gasteiger partial charge in [-0.15, -0.1) is 0 Å². The Bertz CT molecular complexity index is 203. The number of rotatable bonds is 8. The Morgan fingerprint density at radius 3 is 2.11 bits per heavy atom. The van der Waals surface area contributed by atoms with E-state index in [0.717, 1.165) is 31.6 Å². The van der Waals surface area contributed by atoms with Gasteiger partial charge in [-0.05, 0) is 25.3 Å². The lowest BCUT2D eigenvalue weighted by Gasteiger charge is -2.32. The predicted octanol–water partition coefficient (Wildman–Crippen LogP) is 2.22. The molecule has 0 amide bonds. The Hall–Kier alpha value is -0.120. The minimum Gasteiger partial charge on any atom is -0.381 e. The molecule has 2 atom stereocenters. The molecule has 1 fully saturated rings. The molecular weight excluding hydrogens is 224 g/mol. The van der Waals surface area contributed by atoms with Crippen LogP contribution in [0, 0.1) is 17.8 Å². The molecule has 3 nitrogen and oxygen atoms in total. The number of hydrogen-bond acceptors (Lipinski definition) is 3. The molecule has 1 rings (SSSR count). The Labute approximate surface area is 113 Å². The number of nitrogens with one attached hydrogen (secondary N) is 1. The zero-order chi connectivity index (χ0) is 13.5. The van der Waals surface area contributed by atoms with Crippen LogP contribution in [0.15, 0.2) is 0 Å². The van der Waals surface area contributed by atoms with Crippen LogP contribution in [0.1, 0.15) is 34.1 Å². The van der Waals surface area contributed by atoms with Crippen LogP contribution < -0.4 is 5.32 Å². The quantitative estimate of drug-likeness (QED) is 0.721. The van der Waals surface area contributed by atoms with Gasteiger partial charge in [-0.3, -0.25) is 0 Å². The molecule has 1 N–H and O–H groups in total. The number of likely N-dealkylation sites (N-methyl/N-ethyl adjacent to an activating group) is 1. The van der Waals surface area contributed by atoms with Crippen LogP contribution in [-0.2, 0) is 4.74 Å². The first kappa shape index (κ1) is 15.9. The van der Waals surface area contributed by atoms with Gasteiger partial charge in [0, 0.05) is 38.2 Å². The highest BCUT2D eigenvalue weighted by Gasteiger charge is 2.26. The summed E-state index contributed by atoms with van der Waals surface area (Å²) in [5, 5.41) is 3.50. The maximum absolute atomic E-state index is 5.53. The number of hydrogen-bond donors (Lipinski definition) is 1. The predicted molar refractivity (Wildman–Crippen MR) is 77.9 cm³/mol. The summed E-state index contributed by atoms with van der Waals surface area (Å²) >= 11 is 0. The van der Waals surface area contributed by atoms with Gasteiger partial charge in [0.15, 0.2) is 0 Å². The summed E-state index contributed by atoms with van der Waals surface area (Å²) in [6.07, 6.45) is 1.21. The largest absolute Gasteiger partial charge is 0.381 e. The van der Waals surface area contributed by atoms with Gasteiger partial charge < -0.3 is 15.0 Å². The van der Waals surface area contributed by atoms with E-state index in [2.05, 4.69) is 45.0 Å². The van der Waals surface area contributed by atoms with Crippen molar-refractivity contribution < 1.29 is 4.74 Å². The fourth-order valence-electron chi connectivity index (χ4n) is 2.88. The van der Waals surface area contributed by atoms with Crippen molar-refractivity contribution in [2.24, 2.45) is 17.8 Å². The SMILES string of the molecule is CNC(CN(CC(C)C)CC(C)C)C1CCOC1. The van der Waals surface area contributed by atoms with Gasteiger partial charge in [0.25, 0.3) is 0 Å². The number of nitrogens with zero attached hydrogens (tertiary/aromatic N) is 1. The molecule has 0 saturated carbocycles. The molecule has 0 aromatic rings. The zero-order valence-corrected chi connectivity index (χ0v) is 12.9. The van der Waals surface area contributed by atoms with Gasteiger partial charge in [0.2, 0.25) is 0 Å². The maximum Gasteiger partial charge on any atom is 0.0510 e. The van der Waals surface area contributed by atoms with Crippen LogP contribution >= 0.6 is 0 Å². The second-order valence-corrected chi connectivity index (χ2v) is 6.53. The summed E-state index contributed by atoms with van der Waals surface area (Å²) in [4.78, 5) is 2.62. The lowest BCUT2D eigenvalue weighted by molar-refractivity contribution is 0.152. The molecule has 0 aliphatic carbocycles. The van der Waals surface area contributed by atoms with E-state index < -0.39 is 0 Å². The third kappa shape index (κ3) is 5.68. The molecule has 108 valence electrons. The van der Waals surface area contributed by atoms with Crippen molar-refractivity contribution in [2.75, 3.05) is 39.9 Å². The highest BCUT2D eigenvalue weighted by atomic mass is 16.5. The van der Waals surface area contributed by atoms with E-state index in [-0.39, 0.29) is 0 Å². The monoisotopic (exact) mass is 256 g/mol. The zero-order valence-electron chi connectivity index (χ0n) is 12.9. The van der Waals surface area contributed by atoms with Gasteiger partial charge >= 0.3 is 0 Å². The van der Waals surface area contributed by atoms with Crippen molar-refractivity contribution in [3.8, 4) is 0 Å². The Morgan fingerprint density at radius 2 is 1.72 bits per heavy atom. The van der Waals surface area contributed by atoms with Crippen LogP contribution in [0.3, 0.4) is 0 Å². The van der Waals surface area contributed by atoms with E-state index in [1.54, 1.807) is 0 Å². The van der Waals surface area contributed by atoms with Gasteiger partial charge in [-0.1, -0.05) is 27.7 Å². The molecule has 0 radical (unpaired) electrons. The van der Waals surface area contributed by atoms with E-state index in [0.29, 0.717) is 12.0 Å². The lowest BCUT2D eigenvalue weighted by Crippen LogP contribution is -2.46. The van der Waals surface area contributed by atoms with Crippen molar-refractivity contribution in [3.63, 3.8) is 0 Å². The third-order valence-electron chi connectivity index (χ3n) is 3.61. The average Bonchev–Trinajstić information content (AvgIpc) is 2.77. The molecule has 1 aliphatic heterocycles. The van der Waals surface area contributed by atoms with Crippen LogP contribution in [-0.4, -0.2) is 50.8 Å². The summed E-state index contributed by atoms with van der Waals surface area (Å²) in [7, 11) is 2.09. The molecule has 1 saturated heterocycles. The van der Waals surface area contributed by atoms with Crippen molar-refractivity contribution in [2.45, 2.75) is 40.2 Å². The van der Waals surface area contributed by atoms with Gasteiger partial charge in [-0.25, -0.2) is 0 Å². The molecule has 0 spiro atoms. The minimum atomic E-state index is 0.574. The fourth-order valence-corrected chi connectivity index (χ4v) is 2.88. The highest BCUT2D eigenvalue weighted by Crippen LogP contribution is 2.18. The Kier molecular flexibility index (Phi) is 7.20. The van der Waals surface area contributed by atoms with Gasteiger partial charge in [0.1, 0.15) is 0 Å². The van der Waals surface area contributed by atoms with Crippen molar-refractivity contribution in [3.05, 3.63) is 0 Å². The Balaban J connectivity index is 2.49. The summed E-state index contributed by atoms with van der Waals surface area (Å²) in [5.41, 5.74) is 0. The molecule has 1 aliphatic rings. The van der Waals surface area contributed by atoms with E-state index in [9.17, 15) is 0 Å². The number of ether oxygens (including phenoxy) is 1. The third-order valence-corrected chi connectivity index (χ3v) is 3.61. The van der Waals surface area contributed by atoms with Crippen molar-refractivity contribution in [1.29, 1.82) is 0 Å². The molecule has 18 heavy (non-hydrogen) atoms. The lowest BCUT2D eigenvalue weighted by atomic mass is 9.98. The summed E-state index contributed by atoms with van der Waals surface area (Å²) in [6.45, 7) is 14.6. The summed E-state index contributed by atoms with van der Waals surface area (Å²) in [5.74, 6) is 2.17. The molecule has 1 heterocycles. The maximum atomic E-state index is 5.53. The van der Waals surface area contributed by atoms with E-state index in [4.69, 9.17) is 4.74 Å². The van der Waals surface area contributed by atoms with E-state index in [1.165, 1.54) is 19.5 Å².